The maximum atomic E-state index is 12.6. The van der Waals surface area contributed by atoms with E-state index in [1.165, 1.54) is 11.3 Å². The van der Waals surface area contributed by atoms with Crippen molar-refractivity contribution < 1.29 is 4.79 Å². The zero-order valence-electron chi connectivity index (χ0n) is 12.9. The van der Waals surface area contributed by atoms with Gasteiger partial charge < -0.3 is 10.3 Å². The van der Waals surface area contributed by atoms with Crippen LogP contribution in [0.25, 0.3) is 21.3 Å². The Balaban J connectivity index is 1.69. The maximum Gasteiger partial charge on any atom is 0.260 e. The van der Waals surface area contributed by atoms with E-state index in [2.05, 4.69) is 15.3 Å². The summed E-state index contributed by atoms with van der Waals surface area (Å²) in [6, 6.07) is 9.84. The lowest BCUT2D eigenvalue weighted by Crippen LogP contribution is -2.47. The van der Waals surface area contributed by atoms with E-state index in [-0.39, 0.29) is 11.5 Å². The number of nitrogens with zero attached hydrogens (tertiary/aromatic N) is 2. The van der Waals surface area contributed by atoms with Crippen LogP contribution in [0.1, 0.15) is 5.82 Å². The molecule has 2 N–H and O–H groups in total. The molecule has 0 aliphatic carbocycles. The molecule has 4 rings (SSSR count). The van der Waals surface area contributed by atoms with Crippen LogP contribution in [0.15, 0.2) is 40.5 Å². The van der Waals surface area contributed by atoms with Gasteiger partial charge in [0.25, 0.3) is 5.56 Å². The van der Waals surface area contributed by atoms with Gasteiger partial charge in [-0.1, -0.05) is 30.3 Å². The molecule has 3 aromatic rings. The molecule has 6 nitrogen and oxygen atoms in total. The molecule has 1 amide bonds. The minimum atomic E-state index is -0.128. The number of hydrogen-bond donors (Lipinski definition) is 2. The molecule has 7 heteroatoms. The van der Waals surface area contributed by atoms with Gasteiger partial charge in [-0.05, 0) is 5.56 Å². The Morgan fingerprint density at radius 3 is 2.83 bits per heavy atom. The molecule has 1 aromatic carbocycles. The molecule has 2 aromatic heterocycles. The summed E-state index contributed by atoms with van der Waals surface area (Å²) in [5.74, 6) is 0.607. The van der Waals surface area contributed by atoms with E-state index in [0.717, 1.165) is 22.5 Å². The van der Waals surface area contributed by atoms with Crippen molar-refractivity contribution in [2.75, 3.05) is 19.6 Å². The minimum absolute atomic E-state index is 0.00663. The summed E-state index contributed by atoms with van der Waals surface area (Å²) in [7, 11) is 0. The number of rotatable bonds is 3. The number of benzene rings is 1. The van der Waals surface area contributed by atoms with E-state index >= 15 is 0 Å². The van der Waals surface area contributed by atoms with Gasteiger partial charge in [0.2, 0.25) is 5.91 Å². The summed E-state index contributed by atoms with van der Waals surface area (Å²) in [6.45, 7) is 2.19. The zero-order chi connectivity index (χ0) is 16.5. The molecule has 1 fully saturated rings. The van der Waals surface area contributed by atoms with Gasteiger partial charge in [0.05, 0.1) is 18.5 Å². The quantitative estimate of drug-likeness (QED) is 0.759. The molecular weight excluding hydrogens is 324 g/mol. The standard InChI is InChI=1S/C17H16N4O2S/c22-14-9-21(7-6-18-14)8-13-19-16(23)15-12(10-24-17(15)20-13)11-4-2-1-3-5-11/h1-5,10H,6-9H2,(H,18,22)(H,19,20,23). The van der Waals surface area contributed by atoms with Crippen LogP contribution in [0, 0.1) is 0 Å². The normalized spacial score (nSPS) is 15.6. The Morgan fingerprint density at radius 2 is 2.04 bits per heavy atom. The molecule has 1 aliphatic rings. The van der Waals surface area contributed by atoms with Gasteiger partial charge in [-0.2, -0.15) is 0 Å². The number of aromatic amines is 1. The number of aromatic nitrogens is 2. The fourth-order valence-electron chi connectivity index (χ4n) is 2.94. The van der Waals surface area contributed by atoms with Gasteiger partial charge in [-0.15, -0.1) is 11.3 Å². The van der Waals surface area contributed by atoms with Crippen molar-refractivity contribution in [3.63, 3.8) is 0 Å². The highest BCUT2D eigenvalue weighted by molar-refractivity contribution is 7.17. The number of amides is 1. The number of carbonyl (C=O) groups is 1. The first-order chi connectivity index (χ1) is 11.7. The third-order valence-corrected chi connectivity index (χ3v) is 4.94. The van der Waals surface area contributed by atoms with Gasteiger partial charge >= 0.3 is 0 Å². The maximum absolute atomic E-state index is 12.6. The van der Waals surface area contributed by atoms with Crippen molar-refractivity contribution in [3.8, 4) is 11.1 Å². The molecule has 1 aliphatic heterocycles. The first-order valence-electron chi connectivity index (χ1n) is 7.75. The second-order valence-corrected chi connectivity index (χ2v) is 6.63. The van der Waals surface area contributed by atoms with Crippen LogP contribution in [0.5, 0.6) is 0 Å². The summed E-state index contributed by atoms with van der Waals surface area (Å²) >= 11 is 1.47. The molecule has 0 bridgehead atoms. The topological polar surface area (TPSA) is 78.1 Å². The zero-order valence-corrected chi connectivity index (χ0v) is 13.7. The highest BCUT2D eigenvalue weighted by Gasteiger charge is 2.18. The number of nitrogens with one attached hydrogen (secondary N) is 2. The smallest absolute Gasteiger partial charge is 0.260 e. The summed E-state index contributed by atoms with van der Waals surface area (Å²) < 4.78 is 0. The second kappa shape index (κ2) is 6.18. The summed E-state index contributed by atoms with van der Waals surface area (Å²) in [4.78, 5) is 34.2. The largest absolute Gasteiger partial charge is 0.354 e. The van der Waals surface area contributed by atoms with Crippen molar-refractivity contribution in [2.24, 2.45) is 0 Å². The lowest BCUT2D eigenvalue weighted by atomic mass is 10.1. The Hall–Kier alpha value is -2.51. The predicted octanol–water partition coefficient (Wildman–Crippen LogP) is 1.58. The third kappa shape index (κ3) is 2.83. The molecule has 3 heterocycles. The van der Waals surface area contributed by atoms with Crippen molar-refractivity contribution in [1.29, 1.82) is 0 Å². The van der Waals surface area contributed by atoms with Crippen molar-refractivity contribution in [1.82, 2.24) is 20.2 Å². The Labute approximate surface area is 142 Å². The SMILES string of the molecule is O=C1CN(Cc2nc3scc(-c4ccccc4)c3c(=O)[nH]2)CCN1. The Bertz CT molecular complexity index is 948. The lowest BCUT2D eigenvalue weighted by molar-refractivity contribution is -0.124. The van der Waals surface area contributed by atoms with Gasteiger partial charge in [0.15, 0.2) is 0 Å². The van der Waals surface area contributed by atoms with Gasteiger partial charge in [0.1, 0.15) is 10.7 Å². The number of fused-ring (bicyclic) bond motifs is 1. The number of carbonyl (C=O) groups excluding carboxylic acids is 1. The van der Waals surface area contributed by atoms with E-state index in [4.69, 9.17) is 0 Å². The highest BCUT2D eigenvalue weighted by Crippen LogP contribution is 2.30. The van der Waals surface area contributed by atoms with E-state index in [1.807, 2.05) is 40.6 Å². The van der Waals surface area contributed by atoms with Crippen molar-refractivity contribution in [2.45, 2.75) is 6.54 Å². The second-order valence-electron chi connectivity index (χ2n) is 5.77. The minimum Gasteiger partial charge on any atom is -0.354 e. The number of hydrogen-bond acceptors (Lipinski definition) is 5. The average Bonchev–Trinajstić information content (AvgIpc) is 3.00. The number of H-pyrrole nitrogens is 1. The molecule has 0 spiro atoms. The third-order valence-electron chi connectivity index (χ3n) is 4.07. The van der Waals surface area contributed by atoms with E-state index in [1.54, 1.807) is 0 Å². The van der Waals surface area contributed by atoms with Crippen LogP contribution in [0.2, 0.25) is 0 Å². The van der Waals surface area contributed by atoms with E-state index < -0.39 is 0 Å². The van der Waals surface area contributed by atoms with Gasteiger partial charge in [-0.25, -0.2) is 4.98 Å². The molecule has 0 radical (unpaired) electrons. The molecule has 1 saturated heterocycles. The van der Waals surface area contributed by atoms with Crippen LogP contribution < -0.4 is 10.9 Å². The fourth-order valence-corrected chi connectivity index (χ4v) is 3.90. The van der Waals surface area contributed by atoms with Crippen LogP contribution >= 0.6 is 11.3 Å². The van der Waals surface area contributed by atoms with Crippen LogP contribution in [0.4, 0.5) is 0 Å². The first kappa shape index (κ1) is 15.0. The van der Waals surface area contributed by atoms with Crippen LogP contribution in [-0.2, 0) is 11.3 Å². The number of piperazine rings is 1. The average molecular weight is 340 g/mol. The molecule has 0 saturated carbocycles. The van der Waals surface area contributed by atoms with Crippen molar-refractivity contribution in [3.05, 3.63) is 51.9 Å². The first-order valence-corrected chi connectivity index (χ1v) is 8.63. The van der Waals surface area contributed by atoms with Crippen molar-refractivity contribution >= 4 is 27.5 Å². The van der Waals surface area contributed by atoms with Crippen LogP contribution in [0.3, 0.4) is 0 Å². The molecule has 0 unspecified atom stereocenters. The highest BCUT2D eigenvalue weighted by atomic mass is 32.1. The predicted molar refractivity (Wildman–Crippen MR) is 94.0 cm³/mol. The van der Waals surface area contributed by atoms with E-state index in [0.29, 0.717) is 30.8 Å². The van der Waals surface area contributed by atoms with Gasteiger partial charge in [-0.3, -0.25) is 14.5 Å². The summed E-state index contributed by atoms with van der Waals surface area (Å²) in [5.41, 5.74) is 1.79. The van der Waals surface area contributed by atoms with Gasteiger partial charge in [0, 0.05) is 24.0 Å². The Morgan fingerprint density at radius 1 is 1.21 bits per heavy atom. The molecular formula is C17H16N4O2S. The summed E-state index contributed by atoms with van der Waals surface area (Å²) in [5, 5.41) is 5.39. The summed E-state index contributed by atoms with van der Waals surface area (Å²) in [6.07, 6.45) is 0. The Kier molecular flexibility index (Phi) is 3.87. The fraction of sp³-hybridized carbons (Fsp3) is 0.235. The lowest BCUT2D eigenvalue weighted by Gasteiger charge is -2.25. The monoisotopic (exact) mass is 340 g/mol. The number of thiophene rings is 1. The molecule has 0 atom stereocenters. The van der Waals surface area contributed by atoms with Crippen LogP contribution in [-0.4, -0.2) is 40.4 Å². The van der Waals surface area contributed by atoms with E-state index in [9.17, 15) is 9.59 Å². The molecule has 122 valence electrons. The molecule has 24 heavy (non-hydrogen) atoms.